The Hall–Kier alpha value is -5.93. The number of anilines is 1. The van der Waals surface area contributed by atoms with Crippen molar-refractivity contribution in [2.75, 3.05) is 58.3 Å². The Morgan fingerprint density at radius 3 is 1.54 bits per heavy atom. The summed E-state index contributed by atoms with van der Waals surface area (Å²) in [5, 5.41) is 11.2. The lowest BCUT2D eigenvalue weighted by Gasteiger charge is -2.20. The molecule has 8 aromatic rings. The quantitative estimate of drug-likeness (QED) is 0.0357. The van der Waals surface area contributed by atoms with E-state index >= 15 is 0 Å². The van der Waals surface area contributed by atoms with Crippen LogP contribution >= 0.6 is 39.9 Å². The fourth-order valence-corrected chi connectivity index (χ4v) is 8.89. The van der Waals surface area contributed by atoms with Crippen molar-refractivity contribution >= 4 is 73.7 Å². The van der Waals surface area contributed by atoms with Crippen molar-refractivity contribution in [2.45, 2.75) is 64.5 Å². The summed E-state index contributed by atoms with van der Waals surface area (Å²) in [4.78, 5) is 15.3. The minimum atomic E-state index is 0. The van der Waals surface area contributed by atoms with Gasteiger partial charge in [0.1, 0.15) is 17.2 Å². The summed E-state index contributed by atoms with van der Waals surface area (Å²) in [6.07, 6.45) is 12.3. The number of nitrogens with one attached hydrogen (secondary N) is 1. The highest BCUT2D eigenvalue weighted by molar-refractivity contribution is 9.10. The Kier molecular flexibility index (Phi) is 24.4. The number of rotatable bonds is 14. The molecular formula is C57H69BrCl2N8O4. The van der Waals surface area contributed by atoms with E-state index in [2.05, 4.69) is 91.6 Å². The number of hydrazine groups is 1. The van der Waals surface area contributed by atoms with Crippen molar-refractivity contribution in [1.82, 2.24) is 29.4 Å². The zero-order valence-electron chi connectivity index (χ0n) is 41.8. The molecule has 0 radical (unpaired) electrons. The highest BCUT2D eigenvalue weighted by Gasteiger charge is 2.20. The van der Waals surface area contributed by atoms with E-state index in [-0.39, 0.29) is 12.4 Å². The first-order valence-corrected chi connectivity index (χ1v) is 25.7. The van der Waals surface area contributed by atoms with Gasteiger partial charge in [0, 0.05) is 51.0 Å². The Balaban J connectivity index is 0.000000178. The molecule has 2 saturated heterocycles. The maximum absolute atomic E-state index is 10.2. The van der Waals surface area contributed by atoms with Gasteiger partial charge in [0.25, 0.3) is 0 Å². The molecule has 10 rings (SSSR count). The number of hydrogen-bond donors (Lipinski definition) is 2. The van der Waals surface area contributed by atoms with Gasteiger partial charge >= 0.3 is 0 Å². The SMILES string of the molecule is CC1CCCN1CCCCl.CC1CCCN1CCCOc1ccc(-n2ncc3ccccc32)cc1.COc1ccc(-n2ncc3ccccc32)cc1.COc1ccc(NN)cc1.Cl.O=Cc1ccccc1Br. The third kappa shape index (κ3) is 17.1. The Morgan fingerprint density at radius 2 is 1.11 bits per heavy atom. The maximum atomic E-state index is 10.2. The van der Waals surface area contributed by atoms with Crippen LogP contribution in [-0.4, -0.2) is 101 Å². The third-order valence-corrected chi connectivity index (χ3v) is 13.4. The van der Waals surface area contributed by atoms with E-state index < -0.39 is 0 Å². The molecule has 2 unspecified atom stereocenters. The van der Waals surface area contributed by atoms with E-state index in [0.29, 0.717) is 5.56 Å². The molecule has 3 N–H and O–H groups in total. The average molecular weight is 1080 g/mol. The van der Waals surface area contributed by atoms with Crippen molar-refractivity contribution in [2.24, 2.45) is 5.84 Å². The molecule has 12 nitrogen and oxygen atoms in total. The number of ether oxygens (including phenoxy) is 3. The van der Waals surface area contributed by atoms with Crippen LogP contribution in [0.5, 0.6) is 17.2 Å². The lowest BCUT2D eigenvalue weighted by molar-refractivity contribution is 0.112. The van der Waals surface area contributed by atoms with Gasteiger partial charge in [-0.1, -0.05) is 70.5 Å². The Bertz CT molecular complexity index is 2750. The van der Waals surface area contributed by atoms with Crippen LogP contribution in [0.1, 0.15) is 62.7 Å². The number of nitrogens with zero attached hydrogens (tertiary/aromatic N) is 6. The number of para-hydroxylation sites is 2. The van der Waals surface area contributed by atoms with E-state index in [0.717, 1.165) is 111 Å². The molecule has 0 spiro atoms. The summed E-state index contributed by atoms with van der Waals surface area (Å²) < 4.78 is 20.7. The van der Waals surface area contributed by atoms with Crippen LogP contribution in [0.3, 0.4) is 0 Å². The first-order chi connectivity index (χ1) is 34.7. The summed E-state index contributed by atoms with van der Waals surface area (Å²) >= 11 is 8.83. The highest BCUT2D eigenvalue weighted by atomic mass is 79.9. The van der Waals surface area contributed by atoms with Gasteiger partial charge in [-0.2, -0.15) is 10.2 Å². The molecule has 2 atom stereocenters. The van der Waals surface area contributed by atoms with Crippen molar-refractivity contribution in [3.63, 3.8) is 0 Å². The molecule has 6 aromatic carbocycles. The van der Waals surface area contributed by atoms with Gasteiger partial charge in [-0.15, -0.1) is 24.0 Å². The molecule has 0 amide bonds. The van der Waals surface area contributed by atoms with E-state index in [1.54, 1.807) is 20.3 Å². The molecule has 0 saturated carbocycles. The number of aldehydes is 1. The summed E-state index contributed by atoms with van der Waals surface area (Å²) in [5.41, 5.74) is 8.41. The largest absolute Gasteiger partial charge is 0.497 e. The standard InChI is InChI=1S/C21H25N3O.C14H12N2O.C8H16ClN.C7H5BrO.C7H10N2O.ClH/c1-17-6-4-13-23(17)14-5-15-25-20-11-9-19(10-12-20)24-21-8-3-2-7-18(21)16-22-24;1-17-13-8-6-12(7-9-13)16-14-5-3-2-4-11(14)10-15-16;1-8-4-2-6-10(8)7-3-5-9;8-7-4-2-1-3-6(7)5-9;1-10-7-4-2-6(9-8)3-5-7;/h2-3,7-12,16-17H,4-6,13-15H2,1H3;2-10H,1H3;8H,2-7H2,1H3;1-5H;2-5,9H,8H2,1H3;1H. The first kappa shape index (κ1) is 57.0. The van der Waals surface area contributed by atoms with Gasteiger partial charge in [-0.25, -0.2) is 9.36 Å². The summed E-state index contributed by atoms with van der Waals surface area (Å²) in [6.45, 7) is 10.3. The lowest BCUT2D eigenvalue weighted by Crippen LogP contribution is -2.28. The molecule has 2 aromatic heterocycles. The number of fused-ring (bicyclic) bond motifs is 2. The second kappa shape index (κ2) is 30.8. The number of benzene rings is 6. The van der Waals surface area contributed by atoms with Crippen molar-refractivity contribution in [1.29, 1.82) is 0 Å². The molecule has 4 heterocycles. The number of likely N-dealkylation sites (tertiary alicyclic amines) is 2. The average Bonchev–Trinajstić information content (AvgIpc) is 4.25. The number of carbonyl (C=O) groups is 1. The van der Waals surface area contributed by atoms with Gasteiger partial charge in [-0.05, 0) is 163 Å². The van der Waals surface area contributed by atoms with Crippen LogP contribution in [0.15, 0.2) is 162 Å². The second-order valence-corrected chi connectivity index (χ2v) is 18.5. The Morgan fingerprint density at radius 1 is 0.653 bits per heavy atom. The minimum absolute atomic E-state index is 0. The van der Waals surface area contributed by atoms with E-state index in [1.807, 2.05) is 125 Å². The maximum Gasteiger partial charge on any atom is 0.151 e. The van der Waals surface area contributed by atoms with Crippen LogP contribution in [-0.2, 0) is 0 Å². The molecule has 2 fully saturated rings. The van der Waals surface area contributed by atoms with Crippen molar-refractivity contribution in [3.8, 4) is 28.6 Å². The van der Waals surface area contributed by atoms with E-state index in [4.69, 9.17) is 31.7 Å². The van der Waals surface area contributed by atoms with Crippen LogP contribution in [0.25, 0.3) is 33.2 Å². The molecule has 382 valence electrons. The van der Waals surface area contributed by atoms with Crippen molar-refractivity contribution in [3.05, 3.63) is 168 Å². The van der Waals surface area contributed by atoms with Crippen LogP contribution < -0.4 is 25.5 Å². The van der Waals surface area contributed by atoms with Crippen molar-refractivity contribution < 1.29 is 19.0 Å². The number of halogens is 3. The zero-order chi connectivity index (χ0) is 50.2. The molecule has 0 bridgehead atoms. The zero-order valence-corrected chi connectivity index (χ0v) is 44.9. The van der Waals surface area contributed by atoms with Gasteiger partial charge in [0.15, 0.2) is 6.29 Å². The number of hydrogen-bond acceptors (Lipinski definition) is 10. The molecule has 72 heavy (non-hydrogen) atoms. The van der Waals surface area contributed by atoms with Gasteiger partial charge in [0.05, 0.1) is 55.6 Å². The summed E-state index contributed by atoms with van der Waals surface area (Å²) in [6, 6.07) is 48.7. The number of carbonyl (C=O) groups excluding carboxylic acids is 1. The second-order valence-electron chi connectivity index (χ2n) is 17.2. The fourth-order valence-electron chi connectivity index (χ4n) is 8.39. The van der Waals surface area contributed by atoms with Gasteiger partial charge in [0.2, 0.25) is 0 Å². The molecule has 0 aliphatic carbocycles. The predicted molar refractivity (Wildman–Crippen MR) is 302 cm³/mol. The van der Waals surface area contributed by atoms with Gasteiger partial charge < -0.3 is 29.4 Å². The van der Waals surface area contributed by atoms with Crippen LogP contribution in [0.2, 0.25) is 0 Å². The van der Waals surface area contributed by atoms with E-state index in [9.17, 15) is 4.79 Å². The van der Waals surface area contributed by atoms with Gasteiger partial charge in [-0.3, -0.25) is 10.6 Å². The highest BCUT2D eigenvalue weighted by Crippen LogP contribution is 2.23. The van der Waals surface area contributed by atoms with Crippen LogP contribution in [0.4, 0.5) is 5.69 Å². The smallest absolute Gasteiger partial charge is 0.151 e. The number of alkyl halides is 1. The first-order valence-electron chi connectivity index (χ1n) is 24.3. The monoisotopic (exact) mass is 1080 g/mol. The topological polar surface area (TPSA) is 125 Å². The van der Waals surface area contributed by atoms with E-state index in [1.165, 1.54) is 45.3 Å². The Labute approximate surface area is 444 Å². The van der Waals surface area contributed by atoms with Crippen LogP contribution in [0, 0.1) is 0 Å². The number of methoxy groups -OCH3 is 2. The predicted octanol–water partition coefficient (Wildman–Crippen LogP) is 13.1. The molecule has 15 heteroatoms. The number of aromatic nitrogens is 4. The fraction of sp³-hybridized carbons (Fsp3) is 0.316. The minimum Gasteiger partial charge on any atom is -0.497 e. The normalized spacial score (nSPS) is 15.0. The summed E-state index contributed by atoms with van der Waals surface area (Å²) in [7, 11) is 3.29. The third-order valence-electron chi connectivity index (χ3n) is 12.5. The lowest BCUT2D eigenvalue weighted by atomic mass is 10.2. The molecule has 2 aliphatic heterocycles. The molecular weight excluding hydrogens is 1010 g/mol. The number of nitrogens with two attached hydrogens (primary N) is 1. The summed E-state index contributed by atoms with van der Waals surface area (Å²) in [5.74, 6) is 8.57. The molecule has 2 aliphatic rings. The number of nitrogen functional groups attached to an aromatic ring is 1.